The smallest absolute Gasteiger partial charge is 0.389 e. The average molecular weight is 181 g/mol. The molecule has 0 aromatic carbocycles. The number of nitrogens with zero attached hydrogens (tertiary/aromatic N) is 2. The molecule has 70 valence electrons. The number of H-pyrrole nitrogens is 1. The fraction of sp³-hybridized carbons (Fsp3) is 0.375. The van der Waals surface area contributed by atoms with Crippen molar-refractivity contribution in [2.75, 3.05) is 0 Å². The third-order valence-corrected chi connectivity index (χ3v) is 1.81. The normalized spacial score (nSPS) is 11.3. The summed E-state index contributed by atoms with van der Waals surface area (Å²) in [5.41, 5.74) is 1.72. The average Bonchev–Trinajstić information content (AvgIpc) is 2.43. The van der Waals surface area contributed by atoms with E-state index in [-0.39, 0.29) is 7.34 Å². The van der Waals surface area contributed by atoms with Crippen LogP contribution in [-0.2, 0) is 0 Å². The summed E-state index contributed by atoms with van der Waals surface area (Å²) in [7, 11) is 0. The molecular weight excluding hydrogens is 170 g/mol. The standard InChI is InChI=1S/C8H9N3O2.H2/c1-4(2)5-6-7(10-3-9-5)13-8(12)11-6;/h3-4H,1-2H3,(H,11,12);1H. The lowest BCUT2D eigenvalue weighted by atomic mass is 10.1. The summed E-state index contributed by atoms with van der Waals surface area (Å²) in [6.07, 6.45) is 1.40. The fourth-order valence-electron chi connectivity index (χ4n) is 1.23. The molecular formula is C8H11N3O2. The van der Waals surface area contributed by atoms with Gasteiger partial charge in [-0.2, -0.15) is 4.98 Å². The predicted molar refractivity (Wildman–Crippen MR) is 48.6 cm³/mol. The molecule has 0 saturated heterocycles. The molecule has 0 unspecified atom stereocenters. The van der Waals surface area contributed by atoms with Crippen LogP contribution in [0.5, 0.6) is 0 Å². The molecule has 0 atom stereocenters. The Kier molecular flexibility index (Phi) is 1.65. The van der Waals surface area contributed by atoms with E-state index in [1.165, 1.54) is 6.33 Å². The lowest BCUT2D eigenvalue weighted by Crippen LogP contribution is -1.97. The van der Waals surface area contributed by atoms with Gasteiger partial charge in [-0.3, -0.25) is 4.98 Å². The first-order chi connectivity index (χ1) is 6.18. The molecule has 0 bridgehead atoms. The van der Waals surface area contributed by atoms with Crippen molar-refractivity contribution in [1.29, 1.82) is 0 Å². The topological polar surface area (TPSA) is 71.8 Å². The Balaban J connectivity index is 0.000000980. The van der Waals surface area contributed by atoms with Gasteiger partial charge < -0.3 is 4.42 Å². The molecule has 0 aliphatic carbocycles. The second-order valence-corrected chi connectivity index (χ2v) is 3.11. The summed E-state index contributed by atoms with van der Waals surface area (Å²) in [5.74, 6) is -0.254. The van der Waals surface area contributed by atoms with Gasteiger partial charge in [0.25, 0.3) is 5.71 Å². The number of nitrogens with one attached hydrogen (secondary N) is 1. The van der Waals surface area contributed by atoms with Crippen LogP contribution in [0.1, 0.15) is 26.9 Å². The minimum absolute atomic E-state index is 0. The summed E-state index contributed by atoms with van der Waals surface area (Å²) in [6.45, 7) is 3.99. The zero-order valence-corrected chi connectivity index (χ0v) is 7.37. The lowest BCUT2D eigenvalue weighted by Gasteiger charge is -2.01. The van der Waals surface area contributed by atoms with Gasteiger partial charge in [0.05, 0.1) is 5.69 Å². The Morgan fingerprint density at radius 2 is 2.31 bits per heavy atom. The molecule has 0 amide bonds. The van der Waals surface area contributed by atoms with Crippen molar-refractivity contribution >= 4 is 11.2 Å². The predicted octanol–water partition coefficient (Wildman–Crippen LogP) is 1.28. The minimum atomic E-state index is -0.489. The molecule has 0 saturated carbocycles. The number of rotatable bonds is 1. The lowest BCUT2D eigenvalue weighted by molar-refractivity contribution is 0.545. The summed E-state index contributed by atoms with van der Waals surface area (Å²) >= 11 is 0. The maximum Gasteiger partial charge on any atom is 0.418 e. The number of fused-ring (bicyclic) bond motifs is 1. The van der Waals surface area contributed by atoms with Gasteiger partial charge in [0.15, 0.2) is 0 Å². The van der Waals surface area contributed by atoms with E-state index in [2.05, 4.69) is 15.0 Å². The van der Waals surface area contributed by atoms with Gasteiger partial charge >= 0.3 is 5.76 Å². The van der Waals surface area contributed by atoms with Gasteiger partial charge in [0.2, 0.25) is 0 Å². The molecule has 13 heavy (non-hydrogen) atoms. The molecule has 0 aliphatic heterocycles. The van der Waals surface area contributed by atoms with Crippen LogP contribution in [0.15, 0.2) is 15.5 Å². The highest BCUT2D eigenvalue weighted by Gasteiger charge is 2.11. The fourth-order valence-corrected chi connectivity index (χ4v) is 1.23. The SMILES string of the molecule is CC(C)c1ncnc2oc(=O)[nH]c12.[HH]. The van der Waals surface area contributed by atoms with Crippen LogP contribution in [0.25, 0.3) is 11.2 Å². The largest absolute Gasteiger partial charge is 0.418 e. The van der Waals surface area contributed by atoms with Crippen LogP contribution >= 0.6 is 0 Å². The number of hydrogen-bond donors (Lipinski definition) is 1. The van der Waals surface area contributed by atoms with Crippen molar-refractivity contribution in [1.82, 2.24) is 15.0 Å². The first kappa shape index (κ1) is 7.97. The highest BCUT2D eigenvalue weighted by molar-refractivity contribution is 5.70. The second kappa shape index (κ2) is 2.69. The van der Waals surface area contributed by atoms with Crippen LogP contribution in [0.2, 0.25) is 0 Å². The van der Waals surface area contributed by atoms with E-state index in [0.717, 1.165) is 5.69 Å². The Morgan fingerprint density at radius 3 is 3.00 bits per heavy atom. The Hall–Kier alpha value is -1.65. The zero-order valence-electron chi connectivity index (χ0n) is 7.37. The van der Waals surface area contributed by atoms with Gasteiger partial charge in [-0.25, -0.2) is 9.78 Å². The van der Waals surface area contributed by atoms with E-state index >= 15 is 0 Å². The number of aromatic nitrogens is 3. The van der Waals surface area contributed by atoms with Gasteiger partial charge in [-0.05, 0) is 5.92 Å². The van der Waals surface area contributed by atoms with E-state index < -0.39 is 5.76 Å². The van der Waals surface area contributed by atoms with E-state index in [0.29, 0.717) is 11.2 Å². The molecule has 2 heterocycles. The molecule has 5 heteroatoms. The van der Waals surface area contributed by atoms with Gasteiger partial charge in [-0.1, -0.05) is 13.8 Å². The van der Waals surface area contributed by atoms with Gasteiger partial charge in [0.1, 0.15) is 11.8 Å². The second-order valence-electron chi connectivity index (χ2n) is 3.11. The zero-order chi connectivity index (χ0) is 9.42. The first-order valence-corrected chi connectivity index (χ1v) is 4.02. The number of oxazole rings is 1. The van der Waals surface area contributed by atoms with Crippen molar-refractivity contribution < 1.29 is 5.84 Å². The molecule has 5 nitrogen and oxygen atoms in total. The number of hydrogen-bond acceptors (Lipinski definition) is 4. The van der Waals surface area contributed by atoms with Crippen LogP contribution < -0.4 is 5.76 Å². The third-order valence-electron chi connectivity index (χ3n) is 1.81. The van der Waals surface area contributed by atoms with E-state index in [1.807, 2.05) is 13.8 Å². The van der Waals surface area contributed by atoms with Crippen molar-refractivity contribution in [3.05, 3.63) is 22.6 Å². The molecule has 2 aromatic rings. The summed E-state index contributed by atoms with van der Waals surface area (Å²) < 4.78 is 4.80. The molecule has 2 rings (SSSR count). The van der Waals surface area contributed by atoms with Crippen LogP contribution in [0.4, 0.5) is 0 Å². The van der Waals surface area contributed by atoms with E-state index in [4.69, 9.17) is 4.42 Å². The van der Waals surface area contributed by atoms with Crippen molar-refractivity contribution in [2.24, 2.45) is 0 Å². The van der Waals surface area contributed by atoms with Crippen molar-refractivity contribution in [2.45, 2.75) is 19.8 Å². The number of aromatic amines is 1. The maximum atomic E-state index is 10.9. The highest BCUT2D eigenvalue weighted by atomic mass is 16.4. The summed E-state index contributed by atoms with van der Waals surface area (Å²) in [6, 6.07) is 0. The molecule has 0 radical (unpaired) electrons. The van der Waals surface area contributed by atoms with Crippen molar-refractivity contribution in [3.63, 3.8) is 0 Å². The van der Waals surface area contributed by atoms with Gasteiger partial charge in [0, 0.05) is 1.43 Å². The molecule has 0 fully saturated rings. The third kappa shape index (κ3) is 1.22. The Morgan fingerprint density at radius 1 is 1.54 bits per heavy atom. The van der Waals surface area contributed by atoms with Gasteiger partial charge in [-0.15, -0.1) is 0 Å². The molecule has 1 N–H and O–H groups in total. The molecule has 2 aromatic heterocycles. The monoisotopic (exact) mass is 181 g/mol. The van der Waals surface area contributed by atoms with Crippen LogP contribution in [0.3, 0.4) is 0 Å². The first-order valence-electron chi connectivity index (χ1n) is 4.02. The van der Waals surface area contributed by atoms with E-state index in [9.17, 15) is 4.79 Å². The molecule has 0 aliphatic rings. The summed E-state index contributed by atoms with van der Waals surface area (Å²) in [4.78, 5) is 21.3. The highest BCUT2D eigenvalue weighted by Crippen LogP contribution is 2.17. The van der Waals surface area contributed by atoms with Crippen LogP contribution in [-0.4, -0.2) is 15.0 Å². The van der Waals surface area contributed by atoms with E-state index in [1.54, 1.807) is 0 Å². The van der Waals surface area contributed by atoms with Crippen molar-refractivity contribution in [3.8, 4) is 0 Å². The quantitative estimate of drug-likeness (QED) is 0.719. The Labute approximate surface area is 75.3 Å². The summed E-state index contributed by atoms with van der Waals surface area (Å²) in [5, 5.41) is 0. The maximum absolute atomic E-state index is 10.9. The Bertz CT molecular complexity index is 489. The molecule has 0 spiro atoms. The van der Waals surface area contributed by atoms with Crippen LogP contribution in [0, 0.1) is 0 Å². The minimum Gasteiger partial charge on any atom is -0.389 e.